The van der Waals surface area contributed by atoms with Crippen molar-refractivity contribution < 1.29 is 9.32 Å². The lowest BCUT2D eigenvalue weighted by atomic mass is 10.1. The van der Waals surface area contributed by atoms with Crippen LogP contribution in [-0.2, 0) is 0 Å². The molecule has 1 atom stereocenters. The lowest BCUT2D eigenvalue weighted by Gasteiger charge is -2.15. The molecule has 1 aromatic rings. The Morgan fingerprint density at radius 3 is 3.25 bits per heavy atom. The average Bonchev–Trinajstić information content (AvgIpc) is 2.53. The van der Waals surface area contributed by atoms with Crippen molar-refractivity contribution in [3.63, 3.8) is 0 Å². The maximum Gasteiger partial charge on any atom is 0.256 e. The number of carbonyl (C=O) groups is 1. The van der Waals surface area contributed by atoms with Crippen LogP contribution >= 0.6 is 0 Å². The third kappa shape index (κ3) is 2.61. The summed E-state index contributed by atoms with van der Waals surface area (Å²) in [6.45, 7) is 3.63. The fraction of sp³-hybridized carbons (Fsp3) is 0.636. The third-order valence-corrected chi connectivity index (χ3v) is 2.88. The highest BCUT2D eigenvalue weighted by atomic mass is 16.5. The molecule has 0 spiro atoms. The zero-order valence-corrected chi connectivity index (χ0v) is 9.45. The zero-order chi connectivity index (χ0) is 11.4. The standard InChI is InChI=1S/C11H17N3O2/c1-8-10(7-13-16-8)11(15)14-9-4-2-3-5-12-6-9/h7,9,12H,2-6H2,1H3,(H,14,15). The first kappa shape index (κ1) is 11.1. The number of aromatic nitrogens is 1. The zero-order valence-electron chi connectivity index (χ0n) is 9.45. The summed E-state index contributed by atoms with van der Waals surface area (Å²) in [6, 6.07) is 0.212. The number of amides is 1. The molecule has 1 aliphatic heterocycles. The van der Waals surface area contributed by atoms with E-state index < -0.39 is 0 Å². The van der Waals surface area contributed by atoms with Gasteiger partial charge < -0.3 is 15.2 Å². The van der Waals surface area contributed by atoms with Gasteiger partial charge in [-0.1, -0.05) is 11.6 Å². The Morgan fingerprint density at radius 2 is 2.50 bits per heavy atom. The molecule has 1 fully saturated rings. The number of hydrogen-bond donors (Lipinski definition) is 2. The number of nitrogens with one attached hydrogen (secondary N) is 2. The van der Waals surface area contributed by atoms with Gasteiger partial charge >= 0.3 is 0 Å². The second-order valence-electron chi connectivity index (χ2n) is 4.17. The van der Waals surface area contributed by atoms with Gasteiger partial charge in [0.05, 0.1) is 6.20 Å². The van der Waals surface area contributed by atoms with E-state index in [1.54, 1.807) is 6.92 Å². The average molecular weight is 223 g/mol. The first-order chi connectivity index (χ1) is 7.77. The highest BCUT2D eigenvalue weighted by Crippen LogP contribution is 2.08. The number of carbonyl (C=O) groups excluding carboxylic acids is 1. The topological polar surface area (TPSA) is 67.2 Å². The van der Waals surface area contributed by atoms with Gasteiger partial charge in [-0.15, -0.1) is 0 Å². The minimum Gasteiger partial charge on any atom is -0.361 e. The quantitative estimate of drug-likeness (QED) is 0.780. The van der Waals surface area contributed by atoms with Crippen molar-refractivity contribution in [2.75, 3.05) is 13.1 Å². The molecule has 2 rings (SSSR count). The molecule has 0 bridgehead atoms. The van der Waals surface area contributed by atoms with Gasteiger partial charge in [0, 0.05) is 12.6 Å². The molecular weight excluding hydrogens is 206 g/mol. The molecule has 1 aromatic heterocycles. The van der Waals surface area contributed by atoms with Crippen LogP contribution in [0.25, 0.3) is 0 Å². The Kier molecular flexibility index (Phi) is 3.56. The minimum absolute atomic E-state index is 0.0903. The summed E-state index contributed by atoms with van der Waals surface area (Å²) in [5, 5.41) is 9.91. The molecule has 1 unspecified atom stereocenters. The molecule has 2 N–H and O–H groups in total. The first-order valence-corrected chi connectivity index (χ1v) is 5.70. The van der Waals surface area contributed by atoms with E-state index in [2.05, 4.69) is 15.8 Å². The van der Waals surface area contributed by atoms with Crippen LogP contribution in [0.4, 0.5) is 0 Å². The maximum atomic E-state index is 11.9. The predicted octanol–water partition coefficient (Wildman–Crippen LogP) is 0.855. The summed E-state index contributed by atoms with van der Waals surface area (Å²) >= 11 is 0. The van der Waals surface area contributed by atoms with Gasteiger partial charge in [0.25, 0.3) is 5.91 Å². The second kappa shape index (κ2) is 5.12. The summed E-state index contributed by atoms with van der Waals surface area (Å²) in [7, 11) is 0. The molecule has 0 radical (unpaired) electrons. The van der Waals surface area contributed by atoms with Gasteiger partial charge in [0.1, 0.15) is 11.3 Å². The van der Waals surface area contributed by atoms with Gasteiger partial charge in [-0.25, -0.2) is 0 Å². The Bertz CT molecular complexity index is 354. The predicted molar refractivity (Wildman–Crippen MR) is 59.2 cm³/mol. The lowest BCUT2D eigenvalue weighted by Crippen LogP contribution is -2.40. The maximum absolute atomic E-state index is 11.9. The SMILES string of the molecule is Cc1oncc1C(=O)NC1CCCCNC1. The molecule has 1 aliphatic rings. The van der Waals surface area contributed by atoms with Gasteiger partial charge in [-0.3, -0.25) is 4.79 Å². The van der Waals surface area contributed by atoms with Crippen LogP contribution in [0.5, 0.6) is 0 Å². The molecule has 5 heteroatoms. The van der Waals surface area contributed by atoms with E-state index in [1.165, 1.54) is 12.6 Å². The summed E-state index contributed by atoms with van der Waals surface area (Å²) in [6.07, 6.45) is 4.83. The molecule has 16 heavy (non-hydrogen) atoms. The van der Waals surface area contributed by atoms with E-state index in [1.807, 2.05) is 0 Å². The van der Waals surface area contributed by atoms with Crippen molar-refractivity contribution in [1.82, 2.24) is 15.8 Å². The van der Waals surface area contributed by atoms with E-state index in [0.29, 0.717) is 11.3 Å². The molecular formula is C11H17N3O2. The van der Waals surface area contributed by atoms with Gasteiger partial charge in [-0.2, -0.15) is 0 Å². The number of aryl methyl sites for hydroxylation is 1. The summed E-state index contributed by atoms with van der Waals surface area (Å²) in [5.74, 6) is 0.478. The van der Waals surface area contributed by atoms with Gasteiger partial charge in [0.15, 0.2) is 0 Å². The van der Waals surface area contributed by atoms with Crippen molar-refractivity contribution in [3.05, 3.63) is 17.5 Å². The Labute approximate surface area is 94.6 Å². The van der Waals surface area contributed by atoms with Crippen LogP contribution in [0.3, 0.4) is 0 Å². The summed E-state index contributed by atoms with van der Waals surface area (Å²) < 4.78 is 4.87. The Hall–Kier alpha value is -1.36. The number of hydrogen-bond acceptors (Lipinski definition) is 4. The van der Waals surface area contributed by atoms with Crippen LogP contribution in [0, 0.1) is 6.92 Å². The van der Waals surface area contributed by atoms with Crippen molar-refractivity contribution in [1.29, 1.82) is 0 Å². The van der Waals surface area contributed by atoms with E-state index in [-0.39, 0.29) is 11.9 Å². The van der Waals surface area contributed by atoms with Crippen LogP contribution in [0.15, 0.2) is 10.7 Å². The van der Waals surface area contributed by atoms with Crippen LogP contribution in [0.2, 0.25) is 0 Å². The molecule has 1 saturated heterocycles. The summed E-state index contributed by atoms with van der Waals surface area (Å²) in [4.78, 5) is 11.9. The van der Waals surface area contributed by atoms with Gasteiger partial charge in [0.2, 0.25) is 0 Å². The van der Waals surface area contributed by atoms with Crippen LogP contribution < -0.4 is 10.6 Å². The van der Waals surface area contributed by atoms with Crippen LogP contribution in [-0.4, -0.2) is 30.2 Å². The highest BCUT2D eigenvalue weighted by molar-refractivity contribution is 5.94. The molecule has 0 aromatic carbocycles. The van der Waals surface area contributed by atoms with E-state index >= 15 is 0 Å². The molecule has 0 saturated carbocycles. The summed E-state index contributed by atoms with van der Waals surface area (Å²) in [5.41, 5.74) is 0.532. The van der Waals surface area contributed by atoms with E-state index in [9.17, 15) is 4.79 Å². The van der Waals surface area contributed by atoms with Crippen LogP contribution in [0.1, 0.15) is 35.4 Å². The molecule has 2 heterocycles. The fourth-order valence-electron chi connectivity index (χ4n) is 1.92. The van der Waals surface area contributed by atoms with E-state index in [4.69, 9.17) is 4.52 Å². The van der Waals surface area contributed by atoms with E-state index in [0.717, 1.165) is 25.9 Å². The molecule has 0 aliphatic carbocycles. The fourth-order valence-corrected chi connectivity index (χ4v) is 1.92. The second-order valence-corrected chi connectivity index (χ2v) is 4.17. The largest absolute Gasteiger partial charge is 0.361 e. The van der Waals surface area contributed by atoms with Crippen molar-refractivity contribution in [2.24, 2.45) is 0 Å². The normalized spacial score (nSPS) is 21.4. The van der Waals surface area contributed by atoms with Crippen molar-refractivity contribution in [2.45, 2.75) is 32.2 Å². The highest BCUT2D eigenvalue weighted by Gasteiger charge is 2.18. The number of nitrogens with zero attached hydrogens (tertiary/aromatic N) is 1. The first-order valence-electron chi connectivity index (χ1n) is 5.70. The minimum atomic E-state index is -0.0903. The number of rotatable bonds is 2. The molecule has 1 amide bonds. The van der Waals surface area contributed by atoms with Crippen molar-refractivity contribution >= 4 is 5.91 Å². The Morgan fingerprint density at radius 1 is 1.62 bits per heavy atom. The molecule has 88 valence electrons. The van der Waals surface area contributed by atoms with Gasteiger partial charge in [-0.05, 0) is 26.3 Å². The van der Waals surface area contributed by atoms with Crippen molar-refractivity contribution in [3.8, 4) is 0 Å². The Balaban J connectivity index is 1.93. The lowest BCUT2D eigenvalue weighted by molar-refractivity contribution is 0.0934. The third-order valence-electron chi connectivity index (χ3n) is 2.88. The molecule has 5 nitrogen and oxygen atoms in total. The smallest absolute Gasteiger partial charge is 0.256 e. The monoisotopic (exact) mass is 223 g/mol.